The summed E-state index contributed by atoms with van der Waals surface area (Å²) in [6, 6.07) is 22.5. The molecule has 4 heterocycles. The van der Waals surface area contributed by atoms with Crippen LogP contribution in [0, 0.1) is 6.92 Å². The van der Waals surface area contributed by atoms with Crippen molar-refractivity contribution in [3.63, 3.8) is 0 Å². The minimum absolute atomic E-state index is 0.0844. The van der Waals surface area contributed by atoms with Crippen molar-refractivity contribution in [2.45, 2.75) is 31.1 Å². The topological polar surface area (TPSA) is 106 Å². The van der Waals surface area contributed by atoms with Gasteiger partial charge in [0.05, 0.1) is 40.9 Å². The number of benzene rings is 2. The highest BCUT2D eigenvalue weighted by molar-refractivity contribution is 7.99. The van der Waals surface area contributed by atoms with Crippen LogP contribution in [-0.4, -0.2) is 43.1 Å². The first kappa shape index (κ1) is 28.0. The van der Waals surface area contributed by atoms with Gasteiger partial charge in [-0.3, -0.25) is 14.2 Å². The van der Waals surface area contributed by atoms with Gasteiger partial charge in [-0.15, -0.1) is 21.5 Å². The molecule has 42 heavy (non-hydrogen) atoms. The number of nitrogens with zero attached hydrogens (tertiary/aromatic N) is 5. The van der Waals surface area contributed by atoms with Gasteiger partial charge in [-0.25, -0.2) is 5.01 Å². The van der Waals surface area contributed by atoms with Crippen LogP contribution in [0.5, 0.6) is 0 Å². The fraction of sp³-hybridized carbons (Fsp3) is 0.167. The zero-order valence-electron chi connectivity index (χ0n) is 22.4. The molecule has 5 aromatic rings. The van der Waals surface area contributed by atoms with Crippen molar-refractivity contribution in [3.05, 3.63) is 117 Å². The van der Waals surface area contributed by atoms with E-state index in [-0.39, 0.29) is 35.9 Å². The number of halogens is 1. The van der Waals surface area contributed by atoms with Crippen molar-refractivity contribution >= 4 is 52.2 Å². The summed E-state index contributed by atoms with van der Waals surface area (Å²) in [6.45, 7) is 2.13. The summed E-state index contributed by atoms with van der Waals surface area (Å²) in [4.78, 5) is 27.2. The minimum atomic E-state index is -0.374. The lowest BCUT2D eigenvalue weighted by molar-refractivity contribution is -0.130. The molecule has 3 aromatic heterocycles. The van der Waals surface area contributed by atoms with Gasteiger partial charge in [0.2, 0.25) is 0 Å². The number of amides is 2. The molecular weight excluding hydrogens is 592 g/mol. The lowest BCUT2D eigenvalue weighted by Gasteiger charge is -2.22. The first-order valence-corrected chi connectivity index (χ1v) is 15.4. The van der Waals surface area contributed by atoms with E-state index in [4.69, 9.17) is 21.1 Å². The summed E-state index contributed by atoms with van der Waals surface area (Å²) in [7, 11) is 0. The Morgan fingerprint density at radius 1 is 1.10 bits per heavy atom. The summed E-state index contributed by atoms with van der Waals surface area (Å²) in [5.74, 6) is 0.233. The van der Waals surface area contributed by atoms with E-state index in [1.54, 1.807) is 45.2 Å². The summed E-state index contributed by atoms with van der Waals surface area (Å²) >= 11 is 9.16. The quantitative estimate of drug-likeness (QED) is 0.195. The normalized spacial score (nSPS) is 14.7. The zero-order valence-corrected chi connectivity index (χ0v) is 24.8. The van der Waals surface area contributed by atoms with Crippen molar-refractivity contribution in [1.29, 1.82) is 0 Å². The second-order valence-electron chi connectivity index (χ2n) is 9.56. The smallest absolute Gasteiger partial charge is 0.287 e. The van der Waals surface area contributed by atoms with Gasteiger partial charge in [-0.05, 0) is 54.3 Å². The Labute approximate surface area is 255 Å². The van der Waals surface area contributed by atoms with Crippen LogP contribution in [0.15, 0.2) is 99.1 Å². The van der Waals surface area contributed by atoms with Gasteiger partial charge in [0, 0.05) is 11.4 Å². The number of furan rings is 1. The molecule has 0 aliphatic carbocycles. The molecule has 0 spiro atoms. The Hall–Kier alpha value is -4.19. The molecule has 212 valence electrons. The van der Waals surface area contributed by atoms with Gasteiger partial charge in [-0.1, -0.05) is 65.3 Å². The van der Waals surface area contributed by atoms with E-state index in [1.165, 1.54) is 18.0 Å². The van der Waals surface area contributed by atoms with E-state index in [0.717, 1.165) is 21.7 Å². The van der Waals surface area contributed by atoms with Gasteiger partial charge in [-0.2, -0.15) is 5.10 Å². The number of aryl methyl sites for hydroxylation is 1. The van der Waals surface area contributed by atoms with Crippen LogP contribution in [0.4, 0.5) is 0 Å². The van der Waals surface area contributed by atoms with Crippen LogP contribution in [0.3, 0.4) is 0 Å². The van der Waals surface area contributed by atoms with Gasteiger partial charge >= 0.3 is 0 Å². The van der Waals surface area contributed by atoms with Crippen LogP contribution in [0.2, 0.25) is 5.02 Å². The van der Waals surface area contributed by atoms with E-state index in [1.807, 2.05) is 36.6 Å². The maximum atomic E-state index is 13.7. The third-order valence-electron chi connectivity index (χ3n) is 6.68. The molecule has 0 bridgehead atoms. The fourth-order valence-electron chi connectivity index (χ4n) is 4.61. The minimum Gasteiger partial charge on any atom is -0.459 e. The summed E-state index contributed by atoms with van der Waals surface area (Å²) in [6.07, 6.45) is 2.07. The number of thioether (sulfide) groups is 1. The number of hydrogen-bond acceptors (Lipinski definition) is 8. The van der Waals surface area contributed by atoms with Crippen LogP contribution >= 0.6 is 34.7 Å². The molecule has 1 unspecified atom stereocenters. The number of rotatable bonds is 9. The number of hydrogen-bond donors (Lipinski definition) is 1. The molecule has 0 fully saturated rings. The predicted molar refractivity (Wildman–Crippen MR) is 163 cm³/mol. The number of carbonyl (C=O) groups excluding carboxylic acids is 2. The third-order valence-corrected chi connectivity index (χ3v) is 8.74. The van der Waals surface area contributed by atoms with E-state index in [0.29, 0.717) is 28.1 Å². The Bertz CT molecular complexity index is 1730. The predicted octanol–water partition coefficient (Wildman–Crippen LogP) is 6.28. The van der Waals surface area contributed by atoms with Crippen molar-refractivity contribution in [3.8, 4) is 5.69 Å². The molecule has 1 aliphatic heterocycles. The standard InChI is InChI=1S/C30H25ClN6O3S2/c1-19-9-11-20(12-10-19)24-16-23(26-8-4-14-41-26)35-37(24)28(38)18-42-30-34-33-27(17-32-29(39)25-7-3-13-40-25)36(30)22-6-2-5-21(31)15-22/h2-15,24H,16-18H2,1H3,(H,32,39). The van der Waals surface area contributed by atoms with E-state index >= 15 is 0 Å². The summed E-state index contributed by atoms with van der Waals surface area (Å²) in [5, 5.41) is 20.9. The molecule has 1 atom stereocenters. The Kier molecular flexibility index (Phi) is 8.22. The lowest BCUT2D eigenvalue weighted by Crippen LogP contribution is -2.28. The number of aromatic nitrogens is 3. The molecule has 2 aromatic carbocycles. The van der Waals surface area contributed by atoms with Crippen LogP contribution in [0.1, 0.15) is 44.8 Å². The Morgan fingerprint density at radius 3 is 2.69 bits per heavy atom. The molecule has 0 saturated carbocycles. The molecule has 0 radical (unpaired) electrons. The van der Waals surface area contributed by atoms with Crippen LogP contribution < -0.4 is 5.32 Å². The molecule has 9 nitrogen and oxygen atoms in total. The second-order valence-corrected chi connectivity index (χ2v) is 11.9. The van der Waals surface area contributed by atoms with E-state index in [9.17, 15) is 9.59 Å². The lowest BCUT2D eigenvalue weighted by atomic mass is 10.00. The molecule has 0 saturated heterocycles. The maximum Gasteiger partial charge on any atom is 0.287 e. The highest BCUT2D eigenvalue weighted by Gasteiger charge is 2.33. The van der Waals surface area contributed by atoms with E-state index < -0.39 is 0 Å². The first-order chi connectivity index (χ1) is 20.5. The van der Waals surface area contributed by atoms with Crippen molar-refractivity contribution in [2.75, 3.05) is 5.75 Å². The molecule has 1 aliphatic rings. The van der Waals surface area contributed by atoms with Gasteiger partial charge in [0.25, 0.3) is 11.8 Å². The third kappa shape index (κ3) is 6.03. The highest BCUT2D eigenvalue weighted by Crippen LogP contribution is 2.35. The Balaban J connectivity index is 1.24. The Morgan fingerprint density at radius 2 is 1.95 bits per heavy atom. The zero-order chi connectivity index (χ0) is 29.1. The van der Waals surface area contributed by atoms with Gasteiger partial charge < -0.3 is 9.73 Å². The summed E-state index contributed by atoms with van der Waals surface area (Å²) < 4.78 is 6.97. The number of hydrazone groups is 1. The van der Waals surface area contributed by atoms with Crippen molar-refractivity contribution in [1.82, 2.24) is 25.1 Å². The largest absolute Gasteiger partial charge is 0.459 e. The van der Waals surface area contributed by atoms with Crippen molar-refractivity contribution in [2.24, 2.45) is 5.10 Å². The number of carbonyl (C=O) groups is 2. The monoisotopic (exact) mass is 616 g/mol. The van der Waals surface area contributed by atoms with Crippen LogP contribution in [0.25, 0.3) is 5.69 Å². The molecule has 6 rings (SSSR count). The van der Waals surface area contributed by atoms with Crippen LogP contribution in [-0.2, 0) is 11.3 Å². The fourth-order valence-corrected chi connectivity index (χ4v) is 6.34. The highest BCUT2D eigenvalue weighted by atomic mass is 35.5. The number of nitrogens with one attached hydrogen (secondary N) is 1. The molecular formula is C30H25ClN6O3S2. The first-order valence-electron chi connectivity index (χ1n) is 13.1. The average molecular weight is 617 g/mol. The van der Waals surface area contributed by atoms with Gasteiger partial charge in [0.15, 0.2) is 16.7 Å². The average Bonchev–Trinajstić information content (AvgIpc) is 3.81. The maximum absolute atomic E-state index is 13.7. The summed E-state index contributed by atoms with van der Waals surface area (Å²) in [5.41, 5.74) is 3.79. The molecule has 1 N–H and O–H groups in total. The van der Waals surface area contributed by atoms with E-state index in [2.05, 4.69) is 39.8 Å². The number of thiophene rings is 1. The van der Waals surface area contributed by atoms with Gasteiger partial charge in [0.1, 0.15) is 0 Å². The second kappa shape index (κ2) is 12.4. The molecule has 2 amide bonds. The van der Waals surface area contributed by atoms with Crippen molar-refractivity contribution < 1.29 is 14.0 Å². The molecule has 12 heteroatoms. The SMILES string of the molecule is Cc1ccc(C2CC(c3cccs3)=NN2C(=O)CSc2nnc(CNC(=O)c3ccco3)n2-c2cccc(Cl)c2)cc1.